The summed E-state index contributed by atoms with van der Waals surface area (Å²) in [5, 5.41) is 5.46. The quantitative estimate of drug-likeness (QED) is 0.717. The first-order valence-electron chi connectivity index (χ1n) is 4.81. The summed E-state index contributed by atoms with van der Waals surface area (Å²) in [4.78, 5) is 11.5. The SMILES string of the molecule is Nc1ccc(NC(=O)Nc2ccco2)c(Cl)c1. The normalized spacial score (nSPS) is 9.94. The second-order valence-corrected chi connectivity index (χ2v) is 3.70. The number of furan rings is 1. The maximum absolute atomic E-state index is 11.5. The summed E-state index contributed by atoms with van der Waals surface area (Å²) < 4.78 is 4.97. The van der Waals surface area contributed by atoms with Gasteiger partial charge in [0.15, 0.2) is 0 Å². The van der Waals surface area contributed by atoms with Crippen molar-refractivity contribution < 1.29 is 9.21 Å². The van der Waals surface area contributed by atoms with Crippen LogP contribution in [0.5, 0.6) is 0 Å². The van der Waals surface area contributed by atoms with E-state index in [0.717, 1.165) is 0 Å². The van der Waals surface area contributed by atoms with Gasteiger partial charge in [0.05, 0.1) is 17.0 Å². The Labute approximate surface area is 103 Å². The zero-order chi connectivity index (χ0) is 12.3. The summed E-state index contributed by atoms with van der Waals surface area (Å²) >= 11 is 5.91. The van der Waals surface area contributed by atoms with Gasteiger partial charge in [0.25, 0.3) is 0 Å². The first kappa shape index (κ1) is 11.3. The molecule has 17 heavy (non-hydrogen) atoms. The van der Waals surface area contributed by atoms with Crippen molar-refractivity contribution in [2.75, 3.05) is 16.4 Å². The second-order valence-electron chi connectivity index (χ2n) is 3.30. The number of amides is 2. The van der Waals surface area contributed by atoms with Gasteiger partial charge in [-0.05, 0) is 24.3 Å². The van der Waals surface area contributed by atoms with Gasteiger partial charge in [-0.25, -0.2) is 4.79 Å². The van der Waals surface area contributed by atoms with E-state index in [4.69, 9.17) is 21.8 Å². The number of hydrogen-bond donors (Lipinski definition) is 3. The molecule has 0 spiro atoms. The Bertz CT molecular complexity index is 526. The molecule has 5 nitrogen and oxygen atoms in total. The predicted molar refractivity (Wildman–Crippen MR) is 67.2 cm³/mol. The van der Waals surface area contributed by atoms with E-state index in [0.29, 0.717) is 22.3 Å². The number of halogens is 1. The monoisotopic (exact) mass is 251 g/mol. The number of nitrogens with one attached hydrogen (secondary N) is 2. The lowest BCUT2D eigenvalue weighted by Gasteiger charge is -2.07. The van der Waals surface area contributed by atoms with E-state index in [1.54, 1.807) is 30.3 Å². The first-order chi connectivity index (χ1) is 8.15. The lowest BCUT2D eigenvalue weighted by molar-refractivity contribution is 0.261. The maximum Gasteiger partial charge on any atom is 0.326 e. The molecule has 1 aromatic heterocycles. The van der Waals surface area contributed by atoms with Gasteiger partial charge < -0.3 is 15.5 Å². The van der Waals surface area contributed by atoms with Crippen molar-refractivity contribution in [2.45, 2.75) is 0 Å². The minimum atomic E-state index is -0.438. The fourth-order valence-electron chi connectivity index (χ4n) is 1.25. The summed E-state index contributed by atoms with van der Waals surface area (Å²) in [6.07, 6.45) is 1.46. The molecular weight excluding hydrogens is 242 g/mol. The molecule has 0 saturated heterocycles. The molecule has 0 saturated carbocycles. The number of carbonyl (C=O) groups excluding carboxylic acids is 1. The Balaban J connectivity index is 2.03. The van der Waals surface area contributed by atoms with Crippen molar-refractivity contribution in [1.29, 1.82) is 0 Å². The average molecular weight is 252 g/mol. The number of anilines is 3. The second kappa shape index (κ2) is 4.80. The fourth-order valence-corrected chi connectivity index (χ4v) is 1.48. The Morgan fingerprint density at radius 2 is 2.12 bits per heavy atom. The molecule has 0 aliphatic carbocycles. The molecule has 0 aliphatic heterocycles. The average Bonchev–Trinajstić information content (AvgIpc) is 2.75. The van der Waals surface area contributed by atoms with Crippen LogP contribution >= 0.6 is 11.6 Å². The van der Waals surface area contributed by atoms with Crippen LogP contribution in [-0.4, -0.2) is 6.03 Å². The Morgan fingerprint density at radius 1 is 1.29 bits per heavy atom. The molecule has 88 valence electrons. The molecule has 1 heterocycles. The Kier molecular flexibility index (Phi) is 3.20. The molecule has 0 atom stereocenters. The van der Waals surface area contributed by atoms with Crippen LogP contribution < -0.4 is 16.4 Å². The smallest absolute Gasteiger partial charge is 0.326 e. The van der Waals surface area contributed by atoms with Crippen LogP contribution in [0.1, 0.15) is 0 Å². The number of nitrogens with two attached hydrogens (primary N) is 1. The van der Waals surface area contributed by atoms with Gasteiger partial charge >= 0.3 is 6.03 Å². The minimum Gasteiger partial charge on any atom is -0.449 e. The van der Waals surface area contributed by atoms with Gasteiger partial charge in [0.1, 0.15) is 0 Å². The zero-order valence-electron chi connectivity index (χ0n) is 8.74. The molecule has 0 radical (unpaired) electrons. The fraction of sp³-hybridized carbons (Fsp3) is 0. The van der Waals surface area contributed by atoms with Crippen molar-refractivity contribution in [3.05, 3.63) is 41.6 Å². The van der Waals surface area contributed by atoms with Crippen LogP contribution in [-0.2, 0) is 0 Å². The summed E-state index contributed by atoms with van der Waals surface area (Å²) in [5.74, 6) is 0.356. The molecule has 6 heteroatoms. The lowest BCUT2D eigenvalue weighted by Crippen LogP contribution is -2.19. The number of hydrogen-bond acceptors (Lipinski definition) is 3. The van der Waals surface area contributed by atoms with Crippen LogP contribution in [0.4, 0.5) is 22.1 Å². The third-order valence-corrected chi connectivity index (χ3v) is 2.31. The summed E-state index contributed by atoms with van der Waals surface area (Å²) in [6.45, 7) is 0. The molecule has 0 unspecified atom stereocenters. The number of urea groups is 1. The van der Waals surface area contributed by atoms with Crippen LogP contribution in [0.2, 0.25) is 5.02 Å². The Morgan fingerprint density at radius 3 is 2.76 bits per heavy atom. The highest BCUT2D eigenvalue weighted by molar-refractivity contribution is 6.34. The molecule has 0 bridgehead atoms. The summed E-state index contributed by atoms with van der Waals surface area (Å²) in [7, 11) is 0. The van der Waals surface area contributed by atoms with Crippen molar-refractivity contribution >= 4 is 34.9 Å². The first-order valence-corrected chi connectivity index (χ1v) is 5.19. The van der Waals surface area contributed by atoms with Crippen molar-refractivity contribution in [2.24, 2.45) is 0 Å². The molecule has 0 fully saturated rings. The highest BCUT2D eigenvalue weighted by Crippen LogP contribution is 2.24. The molecule has 0 aliphatic rings. The summed E-state index contributed by atoms with van der Waals surface area (Å²) in [6, 6.07) is 7.69. The van der Waals surface area contributed by atoms with E-state index in [-0.39, 0.29) is 0 Å². The molecule has 1 aromatic carbocycles. The third-order valence-electron chi connectivity index (χ3n) is 2.00. The van der Waals surface area contributed by atoms with Gasteiger partial charge in [0, 0.05) is 11.8 Å². The zero-order valence-corrected chi connectivity index (χ0v) is 9.49. The van der Waals surface area contributed by atoms with E-state index in [2.05, 4.69) is 10.6 Å². The molecule has 2 amide bonds. The van der Waals surface area contributed by atoms with Gasteiger partial charge in [0.2, 0.25) is 5.88 Å². The van der Waals surface area contributed by atoms with Crippen LogP contribution in [0.25, 0.3) is 0 Å². The van der Waals surface area contributed by atoms with Crippen molar-refractivity contribution in [3.8, 4) is 0 Å². The van der Waals surface area contributed by atoms with Crippen LogP contribution in [0, 0.1) is 0 Å². The molecule has 2 aromatic rings. The minimum absolute atomic E-state index is 0.356. The van der Waals surface area contributed by atoms with Gasteiger partial charge in [-0.1, -0.05) is 11.6 Å². The molecule has 2 rings (SSSR count). The Hall–Kier alpha value is -2.14. The van der Waals surface area contributed by atoms with Gasteiger partial charge in [-0.15, -0.1) is 0 Å². The van der Waals surface area contributed by atoms with Crippen LogP contribution in [0.15, 0.2) is 41.0 Å². The maximum atomic E-state index is 11.5. The number of benzene rings is 1. The molecular formula is C11H10ClN3O2. The van der Waals surface area contributed by atoms with E-state index in [9.17, 15) is 4.79 Å². The van der Waals surface area contributed by atoms with E-state index >= 15 is 0 Å². The topological polar surface area (TPSA) is 80.3 Å². The number of rotatable bonds is 2. The van der Waals surface area contributed by atoms with E-state index < -0.39 is 6.03 Å². The molecule has 4 N–H and O–H groups in total. The van der Waals surface area contributed by atoms with Crippen molar-refractivity contribution in [3.63, 3.8) is 0 Å². The highest BCUT2D eigenvalue weighted by Gasteiger charge is 2.07. The van der Waals surface area contributed by atoms with E-state index in [1.807, 2.05) is 0 Å². The number of nitrogen functional groups attached to an aromatic ring is 1. The highest BCUT2D eigenvalue weighted by atomic mass is 35.5. The number of carbonyl (C=O) groups is 1. The summed E-state index contributed by atoms with van der Waals surface area (Å²) in [5.41, 5.74) is 6.55. The predicted octanol–water partition coefficient (Wildman–Crippen LogP) is 3.16. The van der Waals surface area contributed by atoms with Gasteiger partial charge in [-0.2, -0.15) is 0 Å². The van der Waals surface area contributed by atoms with Crippen LogP contribution in [0.3, 0.4) is 0 Å². The lowest BCUT2D eigenvalue weighted by atomic mass is 10.3. The van der Waals surface area contributed by atoms with Gasteiger partial charge in [-0.3, -0.25) is 5.32 Å². The van der Waals surface area contributed by atoms with E-state index in [1.165, 1.54) is 6.26 Å². The van der Waals surface area contributed by atoms with Crippen molar-refractivity contribution in [1.82, 2.24) is 0 Å². The standard InChI is InChI=1S/C11H10ClN3O2/c12-8-6-7(13)3-4-9(8)14-11(16)15-10-2-1-5-17-10/h1-6H,13H2,(H2,14,15,16). The third kappa shape index (κ3) is 2.92. The largest absolute Gasteiger partial charge is 0.449 e.